The van der Waals surface area contributed by atoms with Crippen molar-refractivity contribution in [1.82, 2.24) is 9.55 Å². The fourth-order valence-electron chi connectivity index (χ4n) is 3.28. The molecule has 2 heterocycles. The molecule has 24 heavy (non-hydrogen) atoms. The molecule has 1 fully saturated rings. The van der Waals surface area contributed by atoms with Gasteiger partial charge in [0.05, 0.1) is 10.4 Å². The molecule has 0 N–H and O–H groups in total. The Kier molecular flexibility index (Phi) is 6.34. The molecular formula is C20H28N2S2. The molecule has 2 unspecified atom stereocenters. The number of rotatable bonds is 8. The minimum atomic E-state index is 0.356. The molecule has 0 bridgehead atoms. The first kappa shape index (κ1) is 17.9. The van der Waals surface area contributed by atoms with E-state index in [9.17, 15) is 0 Å². The van der Waals surface area contributed by atoms with Gasteiger partial charge in [0.1, 0.15) is 0 Å². The van der Waals surface area contributed by atoms with Gasteiger partial charge in [-0.1, -0.05) is 38.1 Å². The largest absolute Gasteiger partial charge is 0.337 e. The summed E-state index contributed by atoms with van der Waals surface area (Å²) in [4.78, 5) is 4.15. The lowest BCUT2D eigenvalue weighted by Crippen LogP contribution is -2.22. The lowest BCUT2D eigenvalue weighted by Gasteiger charge is -2.28. The Labute approximate surface area is 154 Å². The Bertz CT molecular complexity index is 609. The standard InChI is InChI=1S/C20H28N2S2/c1-3-17-6-8-18(9-7-17)14-20(23-15-19(4-2)24-20)10-5-12-22-13-11-21-16-22/h6-9,11,13,16,19H,3-5,10,12,14-15H2,1-2H3. The summed E-state index contributed by atoms with van der Waals surface area (Å²) in [7, 11) is 0. The fraction of sp³-hybridized carbons (Fsp3) is 0.550. The number of benzene rings is 1. The third kappa shape index (κ3) is 4.60. The molecule has 0 spiro atoms. The lowest BCUT2D eigenvalue weighted by atomic mass is 10.0. The lowest BCUT2D eigenvalue weighted by molar-refractivity contribution is 0.578. The average Bonchev–Trinajstić information content (AvgIpc) is 3.26. The Balaban J connectivity index is 1.65. The normalized spacial score (nSPS) is 23.7. The zero-order chi connectivity index (χ0) is 16.8. The monoisotopic (exact) mass is 360 g/mol. The second kappa shape index (κ2) is 8.48. The van der Waals surface area contributed by atoms with Crippen molar-refractivity contribution in [2.45, 2.75) is 61.8 Å². The third-order valence-electron chi connectivity index (χ3n) is 4.81. The molecule has 1 saturated heterocycles. The number of aromatic nitrogens is 2. The Morgan fingerprint density at radius 1 is 1.21 bits per heavy atom. The highest BCUT2D eigenvalue weighted by Crippen LogP contribution is 2.53. The van der Waals surface area contributed by atoms with Crippen molar-refractivity contribution >= 4 is 23.5 Å². The van der Waals surface area contributed by atoms with E-state index in [1.807, 2.05) is 12.5 Å². The highest BCUT2D eigenvalue weighted by atomic mass is 32.2. The molecule has 1 aliphatic heterocycles. The van der Waals surface area contributed by atoms with Gasteiger partial charge in [-0.15, -0.1) is 23.5 Å². The molecule has 130 valence electrons. The molecule has 2 aromatic rings. The second-order valence-electron chi connectivity index (χ2n) is 6.62. The van der Waals surface area contributed by atoms with Gasteiger partial charge in [0.2, 0.25) is 0 Å². The quantitative estimate of drug-likeness (QED) is 0.626. The molecule has 1 aliphatic rings. The van der Waals surface area contributed by atoms with Crippen molar-refractivity contribution in [2.75, 3.05) is 5.75 Å². The topological polar surface area (TPSA) is 17.8 Å². The van der Waals surface area contributed by atoms with Gasteiger partial charge < -0.3 is 4.57 Å². The number of hydrogen-bond acceptors (Lipinski definition) is 3. The van der Waals surface area contributed by atoms with Crippen molar-refractivity contribution in [3.8, 4) is 0 Å². The van der Waals surface area contributed by atoms with Crippen molar-refractivity contribution in [3.63, 3.8) is 0 Å². The maximum atomic E-state index is 4.15. The van der Waals surface area contributed by atoms with Gasteiger partial charge in [0, 0.05) is 29.9 Å². The van der Waals surface area contributed by atoms with E-state index in [-0.39, 0.29) is 0 Å². The van der Waals surface area contributed by atoms with Crippen LogP contribution in [0.2, 0.25) is 0 Å². The Morgan fingerprint density at radius 2 is 2.00 bits per heavy atom. The van der Waals surface area contributed by atoms with Crippen molar-refractivity contribution < 1.29 is 0 Å². The van der Waals surface area contributed by atoms with Crippen LogP contribution in [0.4, 0.5) is 0 Å². The Morgan fingerprint density at radius 3 is 2.62 bits per heavy atom. The van der Waals surface area contributed by atoms with Crippen molar-refractivity contribution in [2.24, 2.45) is 0 Å². The molecule has 2 nitrogen and oxygen atoms in total. The van der Waals surface area contributed by atoms with Gasteiger partial charge >= 0.3 is 0 Å². The van der Waals surface area contributed by atoms with E-state index in [2.05, 4.69) is 77.4 Å². The molecule has 1 aromatic carbocycles. The van der Waals surface area contributed by atoms with Crippen LogP contribution in [0, 0.1) is 0 Å². The van der Waals surface area contributed by atoms with Crippen LogP contribution in [0.5, 0.6) is 0 Å². The van der Waals surface area contributed by atoms with E-state index in [4.69, 9.17) is 0 Å². The highest BCUT2D eigenvalue weighted by molar-refractivity contribution is 8.21. The second-order valence-corrected chi connectivity index (χ2v) is 9.97. The zero-order valence-corrected chi connectivity index (χ0v) is 16.4. The van der Waals surface area contributed by atoms with Crippen molar-refractivity contribution in [3.05, 3.63) is 54.1 Å². The molecule has 0 saturated carbocycles. The van der Waals surface area contributed by atoms with E-state index in [0.717, 1.165) is 18.2 Å². The minimum absolute atomic E-state index is 0.356. The van der Waals surface area contributed by atoms with E-state index >= 15 is 0 Å². The van der Waals surface area contributed by atoms with Crippen LogP contribution >= 0.6 is 23.5 Å². The van der Waals surface area contributed by atoms with E-state index < -0.39 is 0 Å². The van der Waals surface area contributed by atoms with Crippen LogP contribution in [-0.4, -0.2) is 24.6 Å². The maximum absolute atomic E-state index is 4.15. The first-order valence-corrected chi connectivity index (χ1v) is 10.9. The smallest absolute Gasteiger partial charge is 0.0945 e. The van der Waals surface area contributed by atoms with Crippen LogP contribution in [0.15, 0.2) is 43.0 Å². The first-order chi connectivity index (χ1) is 11.7. The minimum Gasteiger partial charge on any atom is -0.337 e. The average molecular weight is 361 g/mol. The maximum Gasteiger partial charge on any atom is 0.0945 e. The predicted molar refractivity (Wildman–Crippen MR) is 108 cm³/mol. The molecule has 2 atom stereocenters. The van der Waals surface area contributed by atoms with Gasteiger partial charge in [-0.05, 0) is 43.2 Å². The zero-order valence-electron chi connectivity index (χ0n) is 14.8. The SMILES string of the molecule is CCc1ccc(CC2(CCCn3ccnc3)SCC(CC)S2)cc1. The molecule has 0 radical (unpaired) electrons. The Hall–Kier alpha value is -0.870. The molecule has 0 aliphatic carbocycles. The molecule has 3 rings (SSSR count). The number of aryl methyl sites for hydroxylation is 2. The van der Waals surface area contributed by atoms with Crippen LogP contribution in [0.1, 0.15) is 44.2 Å². The van der Waals surface area contributed by atoms with E-state index in [1.165, 1.54) is 42.6 Å². The van der Waals surface area contributed by atoms with Gasteiger partial charge in [0.15, 0.2) is 0 Å². The van der Waals surface area contributed by atoms with Crippen LogP contribution in [0.25, 0.3) is 0 Å². The first-order valence-electron chi connectivity index (χ1n) is 9.08. The van der Waals surface area contributed by atoms with Crippen LogP contribution in [-0.2, 0) is 19.4 Å². The highest BCUT2D eigenvalue weighted by Gasteiger charge is 2.39. The van der Waals surface area contributed by atoms with Crippen LogP contribution in [0.3, 0.4) is 0 Å². The number of imidazole rings is 1. The van der Waals surface area contributed by atoms with E-state index in [0.29, 0.717) is 4.08 Å². The summed E-state index contributed by atoms with van der Waals surface area (Å²) in [6.07, 6.45) is 12.0. The van der Waals surface area contributed by atoms with Crippen LogP contribution < -0.4 is 0 Å². The number of thioether (sulfide) groups is 2. The van der Waals surface area contributed by atoms with Crippen molar-refractivity contribution in [1.29, 1.82) is 0 Å². The number of hydrogen-bond donors (Lipinski definition) is 0. The molecule has 4 heteroatoms. The summed E-state index contributed by atoms with van der Waals surface area (Å²) in [5.41, 5.74) is 2.93. The summed E-state index contributed by atoms with van der Waals surface area (Å²) >= 11 is 4.44. The summed E-state index contributed by atoms with van der Waals surface area (Å²) in [6.45, 7) is 5.63. The van der Waals surface area contributed by atoms with Gasteiger partial charge in [-0.3, -0.25) is 0 Å². The fourth-order valence-corrected chi connectivity index (χ4v) is 7.21. The van der Waals surface area contributed by atoms with Gasteiger partial charge in [-0.25, -0.2) is 4.98 Å². The van der Waals surface area contributed by atoms with E-state index in [1.54, 1.807) is 0 Å². The van der Waals surface area contributed by atoms with Gasteiger partial charge in [0.25, 0.3) is 0 Å². The summed E-state index contributed by atoms with van der Waals surface area (Å²) in [5.74, 6) is 1.30. The number of nitrogens with zero attached hydrogens (tertiary/aromatic N) is 2. The third-order valence-corrected chi connectivity index (χ3v) is 8.72. The summed E-state index contributed by atoms with van der Waals surface area (Å²) in [5, 5.41) is 0.818. The summed E-state index contributed by atoms with van der Waals surface area (Å²) in [6, 6.07) is 9.29. The molecule has 1 aromatic heterocycles. The molecule has 0 amide bonds. The molecular weight excluding hydrogens is 332 g/mol. The van der Waals surface area contributed by atoms with Gasteiger partial charge in [-0.2, -0.15) is 0 Å². The summed E-state index contributed by atoms with van der Waals surface area (Å²) < 4.78 is 2.56. The predicted octanol–water partition coefficient (Wildman–Crippen LogP) is 5.42.